The molecule has 0 fully saturated rings. The third-order valence-corrected chi connectivity index (χ3v) is 5.95. The average Bonchev–Trinajstić information content (AvgIpc) is 2.61. The molecular formula is C21H28N2O3S. The number of rotatable bonds is 8. The quantitative estimate of drug-likeness (QED) is 0.661. The fraction of sp³-hybridized carbons (Fsp3) is 0.381. The van der Waals surface area contributed by atoms with Crippen LogP contribution in [0.15, 0.2) is 41.3 Å². The van der Waals surface area contributed by atoms with Gasteiger partial charge in [-0.1, -0.05) is 38.0 Å². The zero-order chi connectivity index (χ0) is 20.0. The highest BCUT2D eigenvalue weighted by Crippen LogP contribution is 2.23. The molecule has 0 spiro atoms. The number of hydrogen-bond donors (Lipinski definition) is 2. The maximum Gasteiger partial charge on any atom is 0.262 e. The fourth-order valence-electron chi connectivity index (χ4n) is 2.76. The highest BCUT2D eigenvalue weighted by atomic mass is 32.2. The molecule has 6 heteroatoms. The predicted molar refractivity (Wildman–Crippen MR) is 110 cm³/mol. The number of carbonyl (C=O) groups is 1. The zero-order valence-electron chi connectivity index (χ0n) is 16.4. The number of amides is 1. The summed E-state index contributed by atoms with van der Waals surface area (Å²) in [6.45, 7) is 8.17. The Morgan fingerprint density at radius 1 is 0.963 bits per heavy atom. The lowest BCUT2D eigenvalue weighted by Crippen LogP contribution is -2.25. The van der Waals surface area contributed by atoms with Gasteiger partial charge >= 0.3 is 0 Å². The van der Waals surface area contributed by atoms with E-state index in [1.807, 2.05) is 26.0 Å². The van der Waals surface area contributed by atoms with Gasteiger partial charge in [0, 0.05) is 12.1 Å². The number of benzene rings is 2. The number of anilines is 1. The van der Waals surface area contributed by atoms with Crippen LogP contribution in [0.3, 0.4) is 0 Å². The topological polar surface area (TPSA) is 75.3 Å². The van der Waals surface area contributed by atoms with Gasteiger partial charge in [-0.05, 0) is 62.1 Å². The molecule has 0 atom stereocenters. The monoisotopic (exact) mass is 388 g/mol. The van der Waals surface area contributed by atoms with E-state index in [1.165, 1.54) is 6.07 Å². The van der Waals surface area contributed by atoms with Gasteiger partial charge in [0.05, 0.1) is 10.6 Å². The van der Waals surface area contributed by atoms with Crippen LogP contribution in [0.2, 0.25) is 0 Å². The second-order valence-corrected chi connectivity index (χ2v) is 8.52. The molecule has 0 heterocycles. The molecule has 1 amide bonds. The van der Waals surface area contributed by atoms with Gasteiger partial charge in [0.25, 0.3) is 15.9 Å². The molecule has 0 unspecified atom stereocenters. The van der Waals surface area contributed by atoms with Gasteiger partial charge in [0.2, 0.25) is 0 Å². The minimum atomic E-state index is -3.80. The fourth-order valence-corrected chi connectivity index (χ4v) is 4.15. The smallest absolute Gasteiger partial charge is 0.262 e. The summed E-state index contributed by atoms with van der Waals surface area (Å²) < 4.78 is 28.5. The highest BCUT2D eigenvalue weighted by molar-refractivity contribution is 7.92. The molecule has 2 aromatic carbocycles. The SMILES string of the molecule is CCCCCNC(=O)c1ccc(C)c(S(=O)(=O)Nc2cc(C)ccc2C)c1. The van der Waals surface area contributed by atoms with Crippen LogP contribution in [0.4, 0.5) is 5.69 Å². The second-order valence-electron chi connectivity index (χ2n) is 6.87. The molecule has 0 saturated heterocycles. The number of carbonyl (C=O) groups excluding carboxylic acids is 1. The third-order valence-electron chi connectivity index (χ3n) is 4.44. The molecule has 0 aromatic heterocycles. The Hall–Kier alpha value is -2.34. The van der Waals surface area contributed by atoms with Crippen LogP contribution in [0.25, 0.3) is 0 Å². The lowest BCUT2D eigenvalue weighted by molar-refractivity contribution is 0.0952. The summed E-state index contributed by atoms with van der Waals surface area (Å²) in [5.74, 6) is -0.255. The van der Waals surface area contributed by atoms with Crippen molar-refractivity contribution < 1.29 is 13.2 Å². The Labute approximate surface area is 162 Å². The number of unbranched alkanes of at least 4 members (excludes halogenated alkanes) is 2. The van der Waals surface area contributed by atoms with E-state index in [1.54, 1.807) is 25.1 Å². The molecule has 0 bridgehead atoms. The van der Waals surface area contributed by atoms with Crippen molar-refractivity contribution in [1.82, 2.24) is 5.32 Å². The van der Waals surface area contributed by atoms with Gasteiger partial charge in [0.15, 0.2) is 0 Å². The normalized spacial score (nSPS) is 11.3. The summed E-state index contributed by atoms with van der Waals surface area (Å²) in [5.41, 5.74) is 3.29. The van der Waals surface area contributed by atoms with Crippen molar-refractivity contribution in [3.63, 3.8) is 0 Å². The first-order valence-electron chi connectivity index (χ1n) is 9.23. The van der Waals surface area contributed by atoms with Crippen LogP contribution in [0.1, 0.15) is 53.2 Å². The van der Waals surface area contributed by atoms with E-state index < -0.39 is 10.0 Å². The van der Waals surface area contributed by atoms with Crippen molar-refractivity contribution in [1.29, 1.82) is 0 Å². The first kappa shape index (κ1) is 21.0. The summed E-state index contributed by atoms with van der Waals surface area (Å²) in [7, 11) is -3.80. The molecule has 0 aliphatic rings. The van der Waals surface area contributed by atoms with Crippen molar-refractivity contribution >= 4 is 21.6 Å². The van der Waals surface area contributed by atoms with Crippen molar-refractivity contribution in [3.8, 4) is 0 Å². The van der Waals surface area contributed by atoms with Gasteiger partial charge in [-0.3, -0.25) is 9.52 Å². The van der Waals surface area contributed by atoms with Crippen LogP contribution >= 0.6 is 0 Å². The Bertz CT molecular complexity index is 921. The van der Waals surface area contributed by atoms with E-state index in [9.17, 15) is 13.2 Å². The van der Waals surface area contributed by atoms with E-state index in [4.69, 9.17) is 0 Å². The van der Waals surface area contributed by atoms with Crippen molar-refractivity contribution in [2.24, 2.45) is 0 Å². The minimum absolute atomic E-state index is 0.115. The van der Waals surface area contributed by atoms with E-state index in [0.717, 1.165) is 30.4 Å². The summed E-state index contributed by atoms with van der Waals surface area (Å²) in [5, 5.41) is 2.84. The van der Waals surface area contributed by atoms with Gasteiger partial charge in [0.1, 0.15) is 0 Å². The first-order chi connectivity index (χ1) is 12.7. The number of hydrogen-bond acceptors (Lipinski definition) is 3. The zero-order valence-corrected chi connectivity index (χ0v) is 17.2. The molecule has 5 nitrogen and oxygen atoms in total. The second kappa shape index (κ2) is 9.04. The van der Waals surface area contributed by atoms with Crippen molar-refractivity contribution in [2.45, 2.75) is 51.9 Å². The maximum atomic E-state index is 12.9. The summed E-state index contributed by atoms with van der Waals surface area (Å²) in [6.07, 6.45) is 3.04. The Balaban J connectivity index is 2.26. The molecule has 0 aliphatic heterocycles. The van der Waals surface area contributed by atoms with Crippen LogP contribution in [0.5, 0.6) is 0 Å². The molecule has 2 aromatic rings. The molecule has 0 radical (unpaired) electrons. The lowest BCUT2D eigenvalue weighted by atomic mass is 10.1. The van der Waals surface area contributed by atoms with Gasteiger partial charge in [-0.2, -0.15) is 0 Å². The summed E-state index contributed by atoms with van der Waals surface area (Å²) >= 11 is 0. The van der Waals surface area contributed by atoms with Crippen molar-refractivity contribution in [2.75, 3.05) is 11.3 Å². The molecule has 0 saturated carbocycles. The number of nitrogens with one attached hydrogen (secondary N) is 2. The first-order valence-corrected chi connectivity index (χ1v) is 10.7. The number of aryl methyl sites for hydroxylation is 3. The molecule has 0 aliphatic carbocycles. The van der Waals surface area contributed by atoms with E-state index in [0.29, 0.717) is 23.4 Å². The summed E-state index contributed by atoms with van der Waals surface area (Å²) in [6, 6.07) is 10.4. The van der Waals surface area contributed by atoms with Crippen molar-refractivity contribution in [3.05, 3.63) is 58.7 Å². The van der Waals surface area contributed by atoms with Crippen LogP contribution in [-0.2, 0) is 10.0 Å². The Morgan fingerprint density at radius 2 is 1.67 bits per heavy atom. The average molecular weight is 389 g/mol. The molecule has 2 rings (SSSR count). The Morgan fingerprint density at radius 3 is 2.37 bits per heavy atom. The Kier molecular flexibility index (Phi) is 7.02. The molecule has 27 heavy (non-hydrogen) atoms. The minimum Gasteiger partial charge on any atom is -0.352 e. The predicted octanol–water partition coefficient (Wildman–Crippen LogP) is 4.33. The molecule has 146 valence electrons. The van der Waals surface area contributed by atoms with E-state index >= 15 is 0 Å². The van der Waals surface area contributed by atoms with Crippen LogP contribution in [-0.4, -0.2) is 20.9 Å². The largest absolute Gasteiger partial charge is 0.352 e. The van der Waals surface area contributed by atoms with Crippen LogP contribution < -0.4 is 10.0 Å². The standard InChI is InChI=1S/C21H28N2O3S/c1-5-6-7-12-22-21(24)18-11-10-17(4)20(14-18)27(25,26)23-19-13-15(2)8-9-16(19)3/h8-11,13-14,23H,5-7,12H2,1-4H3,(H,22,24). The molecule has 2 N–H and O–H groups in total. The van der Waals surface area contributed by atoms with E-state index in [2.05, 4.69) is 17.0 Å². The van der Waals surface area contributed by atoms with Gasteiger partial charge in [-0.15, -0.1) is 0 Å². The van der Waals surface area contributed by atoms with E-state index in [-0.39, 0.29) is 10.8 Å². The molecular weight excluding hydrogens is 360 g/mol. The maximum absolute atomic E-state index is 12.9. The van der Waals surface area contributed by atoms with Gasteiger partial charge < -0.3 is 5.32 Å². The highest BCUT2D eigenvalue weighted by Gasteiger charge is 2.20. The third kappa shape index (κ3) is 5.57. The summed E-state index contributed by atoms with van der Waals surface area (Å²) in [4.78, 5) is 12.4. The number of sulfonamides is 1. The van der Waals surface area contributed by atoms with Crippen LogP contribution in [0, 0.1) is 20.8 Å². The lowest BCUT2D eigenvalue weighted by Gasteiger charge is -2.14. The van der Waals surface area contributed by atoms with Gasteiger partial charge in [-0.25, -0.2) is 8.42 Å².